The van der Waals surface area contributed by atoms with Crippen LogP contribution in [0, 0.1) is 0 Å². The summed E-state index contributed by atoms with van der Waals surface area (Å²) in [5, 5.41) is 37.5. The molecule has 1 saturated heterocycles. The number of fused-ring (bicyclic) bond motifs is 2. The molecule has 39 heavy (non-hydrogen) atoms. The topological polar surface area (TPSA) is 188 Å². The Hall–Kier alpha value is -3.82. The fourth-order valence-electron chi connectivity index (χ4n) is 5.15. The van der Waals surface area contributed by atoms with Gasteiger partial charge in [0.05, 0.1) is 7.05 Å². The molecule has 6 N–H and O–H groups in total. The molecule has 0 saturated carbocycles. The van der Waals surface area contributed by atoms with Crippen LogP contribution in [0.2, 0.25) is 0 Å². The molecule has 15 heteroatoms. The second-order valence-corrected chi connectivity index (χ2v) is 11.7. The minimum absolute atomic E-state index is 0.0780. The first kappa shape index (κ1) is 26.8. The number of nitrogens with one attached hydrogen (secondary N) is 1. The molecule has 1 aromatic carbocycles. The molecule has 3 aliphatic rings. The second kappa shape index (κ2) is 10.1. The molecule has 13 nitrogen and oxygen atoms in total. The highest BCUT2D eigenvalue weighted by Crippen LogP contribution is 2.43. The summed E-state index contributed by atoms with van der Waals surface area (Å²) in [5.74, 6) is -2.48. The number of thiazole rings is 1. The van der Waals surface area contributed by atoms with E-state index in [1.165, 1.54) is 28.8 Å². The summed E-state index contributed by atoms with van der Waals surface area (Å²) in [6.45, 7) is 3.34. The van der Waals surface area contributed by atoms with Crippen molar-refractivity contribution in [2.75, 3.05) is 31.7 Å². The van der Waals surface area contributed by atoms with E-state index in [9.17, 15) is 29.7 Å². The van der Waals surface area contributed by atoms with Crippen molar-refractivity contribution in [1.29, 1.82) is 0 Å². The Labute approximate surface area is 231 Å². The van der Waals surface area contributed by atoms with Gasteiger partial charge in [-0.15, -0.1) is 23.1 Å². The van der Waals surface area contributed by atoms with Crippen LogP contribution in [0.4, 0.5) is 5.13 Å². The Bertz CT molecular complexity index is 1410. The molecule has 0 spiro atoms. The number of benzene rings is 1. The van der Waals surface area contributed by atoms with Gasteiger partial charge in [-0.25, -0.2) is 9.78 Å². The van der Waals surface area contributed by atoms with Gasteiger partial charge >= 0.3 is 5.97 Å². The van der Waals surface area contributed by atoms with Crippen LogP contribution in [0.25, 0.3) is 0 Å². The van der Waals surface area contributed by atoms with Crippen LogP contribution in [0.15, 0.2) is 33.9 Å². The number of β-lactam (4-membered cyclic amide) rings is 1. The predicted molar refractivity (Wildman–Crippen MR) is 143 cm³/mol. The Balaban J connectivity index is 1.34. The summed E-state index contributed by atoms with van der Waals surface area (Å²) in [4.78, 5) is 48.9. The lowest BCUT2D eigenvalue weighted by molar-refractivity contribution is -0.924. The average Bonchev–Trinajstić information content (AvgIpc) is 3.44. The largest absolute Gasteiger partial charge is 0.504 e. The summed E-state index contributed by atoms with van der Waals surface area (Å²) in [6.07, 6.45) is 0. The molecule has 2 amide bonds. The molecule has 2 atom stereocenters. The van der Waals surface area contributed by atoms with Crippen molar-refractivity contribution in [3.05, 3.63) is 45.6 Å². The van der Waals surface area contributed by atoms with Crippen LogP contribution < -0.4 is 11.1 Å². The lowest BCUT2D eigenvalue weighted by Crippen LogP contribution is -2.71. The van der Waals surface area contributed by atoms with Crippen molar-refractivity contribution >= 4 is 51.7 Å². The molecule has 2 aromatic rings. The fraction of sp³-hybridized carbons (Fsp3) is 0.375. The molecular weight excluding hydrogens is 548 g/mol. The number of aliphatic carboxylic acids is 1. The second-order valence-electron chi connectivity index (χ2n) is 9.75. The van der Waals surface area contributed by atoms with E-state index in [1.807, 2.05) is 7.05 Å². The summed E-state index contributed by atoms with van der Waals surface area (Å²) in [6, 6.07) is 2.11. The third-order valence-corrected chi connectivity index (χ3v) is 8.79. The number of thioether (sulfide) groups is 1. The van der Waals surface area contributed by atoms with Crippen LogP contribution in [-0.4, -0.2) is 90.5 Å². The van der Waals surface area contributed by atoms with Gasteiger partial charge in [0.2, 0.25) is 0 Å². The summed E-state index contributed by atoms with van der Waals surface area (Å²) in [5.41, 5.74) is 8.04. The number of amides is 2. The minimum Gasteiger partial charge on any atom is -0.504 e. The zero-order valence-corrected chi connectivity index (χ0v) is 22.7. The number of phenols is 2. The Kier molecular flexibility index (Phi) is 6.90. The molecule has 1 unspecified atom stereocenters. The number of nitrogens with zero attached hydrogens (tertiary/aromatic N) is 4. The summed E-state index contributed by atoms with van der Waals surface area (Å²) < 4.78 is 0.422. The van der Waals surface area contributed by atoms with Crippen molar-refractivity contribution in [2.45, 2.75) is 31.4 Å². The van der Waals surface area contributed by atoms with Crippen molar-refractivity contribution < 1.29 is 39.0 Å². The predicted octanol–water partition coefficient (Wildman–Crippen LogP) is 0.776. The molecule has 206 valence electrons. The van der Waals surface area contributed by atoms with E-state index in [1.54, 1.807) is 12.3 Å². The third kappa shape index (κ3) is 4.88. The number of oxime groups is 1. The van der Waals surface area contributed by atoms with Gasteiger partial charge in [0.15, 0.2) is 22.3 Å². The number of carbonyl (C=O) groups excluding carboxylic acids is 2. The van der Waals surface area contributed by atoms with Crippen LogP contribution in [0.1, 0.15) is 23.7 Å². The maximum Gasteiger partial charge on any atom is 0.352 e. The van der Waals surface area contributed by atoms with Crippen LogP contribution in [0.3, 0.4) is 0 Å². The molecule has 4 heterocycles. The van der Waals surface area contributed by atoms with Crippen LogP contribution >= 0.6 is 23.1 Å². The van der Waals surface area contributed by atoms with E-state index < -0.39 is 29.2 Å². The standard InChI is InChI=1S/C24H26N6O7S2/c1-3-37-28-17(14-10-39-24(25)26-14)20(33)27-18-21(34)29-19(23(35)36)13(9-38-22(18)29)8-30(2)6-11-4-15(31)16(32)5-12(11)7-30/h4-5,10,18,22H,3,6-9H2,1-2H3,(H5-,25,26,27,28,31,32,33,35,36)/p+1/t18?,22-/m1/s1. The lowest BCUT2D eigenvalue weighted by atomic mass is 10.0. The molecule has 0 bridgehead atoms. The number of aromatic nitrogens is 1. The van der Waals surface area contributed by atoms with Gasteiger partial charge in [-0.2, -0.15) is 0 Å². The van der Waals surface area contributed by atoms with Crippen molar-refractivity contribution in [3.63, 3.8) is 0 Å². The molecule has 1 fully saturated rings. The number of hydrogen-bond acceptors (Lipinski definition) is 11. The normalized spacial score (nSPS) is 21.7. The third-order valence-electron chi connectivity index (χ3n) is 6.77. The average molecular weight is 576 g/mol. The first-order valence-corrected chi connectivity index (χ1v) is 13.9. The summed E-state index contributed by atoms with van der Waals surface area (Å²) >= 11 is 2.50. The van der Waals surface area contributed by atoms with E-state index in [2.05, 4.69) is 15.5 Å². The monoisotopic (exact) mass is 575 g/mol. The number of carboxylic acids is 1. The van der Waals surface area contributed by atoms with Crippen molar-refractivity contribution in [3.8, 4) is 11.5 Å². The first-order chi connectivity index (χ1) is 18.5. The molecule has 0 aliphatic carbocycles. The molecule has 3 aliphatic heterocycles. The Morgan fingerprint density at radius 3 is 2.51 bits per heavy atom. The first-order valence-electron chi connectivity index (χ1n) is 12.0. The van der Waals surface area contributed by atoms with Gasteiger partial charge in [-0.1, -0.05) is 5.16 Å². The number of phenolic OH excluding ortho intramolecular Hbond substituents is 2. The van der Waals surface area contributed by atoms with E-state index in [0.717, 1.165) is 22.5 Å². The van der Waals surface area contributed by atoms with Gasteiger partial charge in [0, 0.05) is 27.8 Å². The number of likely N-dealkylation sites (N-methyl/N-ethyl adjacent to an activating group) is 1. The van der Waals surface area contributed by atoms with Gasteiger partial charge in [-0.05, 0) is 19.1 Å². The van der Waals surface area contributed by atoms with Gasteiger partial charge in [0.1, 0.15) is 49.0 Å². The van der Waals surface area contributed by atoms with Crippen molar-refractivity contribution in [2.24, 2.45) is 5.16 Å². The zero-order chi connectivity index (χ0) is 28.1. The quantitative estimate of drug-likeness (QED) is 0.0989. The highest BCUT2D eigenvalue weighted by atomic mass is 32.2. The molecule has 5 rings (SSSR count). The number of hydrogen-bond donors (Lipinski definition) is 5. The van der Waals surface area contributed by atoms with Gasteiger partial charge < -0.3 is 35.7 Å². The zero-order valence-electron chi connectivity index (χ0n) is 21.1. The SMILES string of the molecule is CCO/N=C(\C(=O)NC1C(=O)N2C(C(=O)O)=C(C[N+]3(C)Cc4cc(O)c(O)cc4C3)CS[C@H]12)c1csc(N)n1. The maximum absolute atomic E-state index is 13.2. The Morgan fingerprint density at radius 1 is 1.28 bits per heavy atom. The number of aromatic hydroxyl groups is 2. The number of carboxylic acid groups (broad SMARTS) is 1. The molecule has 1 aromatic heterocycles. The molecule has 0 radical (unpaired) electrons. The number of carbonyl (C=O) groups is 3. The Morgan fingerprint density at radius 2 is 1.95 bits per heavy atom. The van der Waals surface area contributed by atoms with E-state index in [0.29, 0.717) is 35.4 Å². The maximum atomic E-state index is 13.2. The highest BCUT2D eigenvalue weighted by Gasteiger charge is 2.55. The summed E-state index contributed by atoms with van der Waals surface area (Å²) in [7, 11) is 1.96. The number of nitrogens with two attached hydrogens (primary N) is 1. The molecular formula is C24H27N6O7S2+. The number of anilines is 1. The lowest BCUT2D eigenvalue weighted by Gasteiger charge is -2.49. The smallest absolute Gasteiger partial charge is 0.352 e. The van der Waals surface area contributed by atoms with Crippen molar-refractivity contribution in [1.82, 2.24) is 15.2 Å². The van der Waals surface area contributed by atoms with Crippen LogP contribution in [0.5, 0.6) is 11.5 Å². The fourth-order valence-corrected chi connectivity index (χ4v) is 7.04. The van der Waals surface area contributed by atoms with E-state index in [-0.39, 0.29) is 40.3 Å². The van der Waals surface area contributed by atoms with E-state index >= 15 is 0 Å². The van der Waals surface area contributed by atoms with Crippen LogP contribution in [-0.2, 0) is 32.3 Å². The van der Waals surface area contributed by atoms with Gasteiger partial charge in [0.25, 0.3) is 11.8 Å². The number of rotatable bonds is 8. The number of nitrogen functional groups attached to an aromatic ring is 1. The highest BCUT2D eigenvalue weighted by molar-refractivity contribution is 8.00. The number of quaternary nitrogens is 1. The minimum atomic E-state index is -1.22. The van der Waals surface area contributed by atoms with E-state index in [4.69, 9.17) is 10.6 Å². The van der Waals surface area contributed by atoms with Gasteiger partial charge in [-0.3, -0.25) is 14.5 Å².